The van der Waals surface area contributed by atoms with E-state index in [2.05, 4.69) is 15.9 Å². The summed E-state index contributed by atoms with van der Waals surface area (Å²) in [7, 11) is 0. The van der Waals surface area contributed by atoms with Gasteiger partial charge < -0.3 is 20.1 Å². The number of carboxylic acid groups (broad SMARTS) is 1. The highest BCUT2D eigenvalue weighted by Crippen LogP contribution is 2.57. The number of ether oxygens (including phenoxy) is 1. The van der Waals surface area contributed by atoms with E-state index in [1.54, 1.807) is 25.1 Å². The van der Waals surface area contributed by atoms with Gasteiger partial charge in [-0.05, 0) is 59.8 Å². The summed E-state index contributed by atoms with van der Waals surface area (Å²) in [6, 6.07) is 8.40. The first kappa shape index (κ1) is 27.6. The Balaban J connectivity index is 1.47. The van der Waals surface area contributed by atoms with Gasteiger partial charge >= 0.3 is 5.97 Å². The van der Waals surface area contributed by atoms with Gasteiger partial charge in [-0.3, -0.25) is 19.2 Å². The van der Waals surface area contributed by atoms with Crippen molar-refractivity contribution < 1.29 is 44.0 Å². The Morgan fingerprint density at radius 1 is 1.07 bits per heavy atom. The van der Waals surface area contributed by atoms with Gasteiger partial charge in [0, 0.05) is 34.8 Å². The Hall–Kier alpha value is -4.51. The normalized spacial score (nSPS) is 25.0. The molecule has 4 aliphatic rings. The number of anilines is 1. The van der Waals surface area contributed by atoms with Crippen LogP contribution in [0.2, 0.25) is 0 Å². The zero-order chi connectivity index (χ0) is 30.0. The average Bonchev–Trinajstić information content (AvgIpc) is 3.21. The molecule has 3 aliphatic carbocycles. The number of carbonyl (C=O) groups is 5. The first-order valence-corrected chi connectivity index (χ1v) is 14.1. The topological polar surface area (TPSA) is 159 Å². The molecule has 214 valence electrons. The molecule has 3 N–H and O–H groups in total. The Bertz CT molecular complexity index is 1720. The lowest BCUT2D eigenvalue weighted by molar-refractivity contribution is -0.123. The maximum Gasteiger partial charge on any atom is 0.339 e. The fourth-order valence-electron chi connectivity index (χ4n) is 6.70. The van der Waals surface area contributed by atoms with Crippen molar-refractivity contribution in [1.82, 2.24) is 0 Å². The van der Waals surface area contributed by atoms with E-state index in [0.29, 0.717) is 11.1 Å². The number of nitrogens with zero attached hydrogens (tertiary/aromatic N) is 1. The maximum atomic E-state index is 14.0. The summed E-state index contributed by atoms with van der Waals surface area (Å²) in [5.74, 6) is -6.94. The molecule has 11 heteroatoms. The molecule has 1 heterocycles. The third-order valence-corrected chi connectivity index (χ3v) is 9.03. The first-order valence-electron chi connectivity index (χ1n) is 13.3. The summed E-state index contributed by atoms with van der Waals surface area (Å²) in [5, 5.41) is 30.7. The number of amides is 2. The molecule has 10 nitrogen and oxygen atoms in total. The minimum atomic E-state index is -1.36. The number of hydrogen-bond acceptors (Lipinski definition) is 8. The summed E-state index contributed by atoms with van der Waals surface area (Å²) in [6.45, 7) is 2.05. The summed E-state index contributed by atoms with van der Waals surface area (Å²) in [5.41, 5.74) is 1.09. The van der Waals surface area contributed by atoms with Gasteiger partial charge in [-0.2, -0.15) is 0 Å². The number of halogens is 1. The van der Waals surface area contributed by atoms with Crippen LogP contribution in [0.4, 0.5) is 5.69 Å². The molecule has 42 heavy (non-hydrogen) atoms. The van der Waals surface area contributed by atoms with Gasteiger partial charge in [0.1, 0.15) is 11.3 Å². The molecule has 0 spiro atoms. The number of allylic oxidation sites excluding steroid dienone is 6. The highest BCUT2D eigenvalue weighted by molar-refractivity contribution is 9.12. The lowest BCUT2D eigenvalue weighted by Gasteiger charge is -2.42. The summed E-state index contributed by atoms with van der Waals surface area (Å²) in [6.07, 6.45) is 3.24. The molecule has 0 radical (unpaired) electrons. The minimum Gasteiger partial charge on any atom is -0.507 e. The van der Waals surface area contributed by atoms with Gasteiger partial charge in [0.2, 0.25) is 11.8 Å². The highest BCUT2D eigenvalue weighted by Gasteiger charge is 2.57. The van der Waals surface area contributed by atoms with Crippen LogP contribution in [0.5, 0.6) is 17.2 Å². The monoisotopic (exact) mass is 633 g/mol. The average molecular weight is 634 g/mol. The molecule has 6 rings (SSSR count). The van der Waals surface area contributed by atoms with Crippen molar-refractivity contribution >= 4 is 51.0 Å². The van der Waals surface area contributed by atoms with Crippen molar-refractivity contribution in [2.75, 3.05) is 11.5 Å². The van der Waals surface area contributed by atoms with Crippen LogP contribution in [0, 0.1) is 17.8 Å². The van der Waals surface area contributed by atoms with Crippen LogP contribution in [0.1, 0.15) is 41.6 Å². The number of carboxylic acids is 1. The number of rotatable bonds is 5. The lowest BCUT2D eigenvalue weighted by Crippen LogP contribution is -2.39. The number of benzene rings is 2. The molecular formula is C31H24BrNO9. The van der Waals surface area contributed by atoms with Crippen molar-refractivity contribution in [2.45, 2.75) is 25.7 Å². The minimum absolute atomic E-state index is 0.0346. The number of phenols is 2. The predicted molar refractivity (Wildman–Crippen MR) is 151 cm³/mol. The Morgan fingerprint density at radius 2 is 1.83 bits per heavy atom. The molecule has 4 atom stereocenters. The molecule has 1 saturated heterocycles. The number of carbonyl (C=O) groups excluding carboxylic acids is 4. The van der Waals surface area contributed by atoms with Crippen molar-refractivity contribution in [2.24, 2.45) is 17.8 Å². The molecule has 0 unspecified atom stereocenters. The van der Waals surface area contributed by atoms with Gasteiger partial charge in [-0.1, -0.05) is 23.8 Å². The van der Waals surface area contributed by atoms with Gasteiger partial charge in [-0.25, -0.2) is 9.69 Å². The number of imide groups is 1. The van der Waals surface area contributed by atoms with E-state index in [9.17, 15) is 39.3 Å². The molecule has 2 amide bonds. The molecule has 2 aromatic rings. The van der Waals surface area contributed by atoms with Crippen molar-refractivity contribution in [3.63, 3.8) is 0 Å². The summed E-state index contributed by atoms with van der Waals surface area (Å²) in [4.78, 5) is 66.7. The first-order chi connectivity index (χ1) is 20.0. The molecule has 1 aliphatic heterocycles. The summed E-state index contributed by atoms with van der Waals surface area (Å²) < 4.78 is 5.67. The van der Waals surface area contributed by atoms with Crippen LogP contribution >= 0.6 is 15.9 Å². The smallest absolute Gasteiger partial charge is 0.339 e. The molecule has 0 bridgehead atoms. The largest absolute Gasteiger partial charge is 0.507 e. The summed E-state index contributed by atoms with van der Waals surface area (Å²) >= 11 is 3.19. The number of aromatic carboxylic acids is 1. The number of aromatic hydroxyl groups is 2. The number of ketones is 2. The third kappa shape index (κ3) is 4.02. The van der Waals surface area contributed by atoms with Gasteiger partial charge in [0.25, 0.3) is 0 Å². The van der Waals surface area contributed by atoms with Gasteiger partial charge in [-0.15, -0.1) is 0 Å². The van der Waals surface area contributed by atoms with Crippen molar-refractivity contribution in [3.8, 4) is 17.2 Å². The van der Waals surface area contributed by atoms with E-state index in [1.807, 2.05) is 6.08 Å². The van der Waals surface area contributed by atoms with Crippen LogP contribution in [0.25, 0.3) is 0 Å². The Labute approximate surface area is 247 Å². The van der Waals surface area contributed by atoms with Crippen LogP contribution in [-0.2, 0) is 19.2 Å². The fourth-order valence-corrected chi connectivity index (χ4v) is 7.15. The van der Waals surface area contributed by atoms with E-state index < -0.39 is 58.8 Å². The van der Waals surface area contributed by atoms with E-state index >= 15 is 0 Å². The number of para-hydroxylation sites is 1. The van der Waals surface area contributed by atoms with Crippen LogP contribution < -0.4 is 9.64 Å². The molecule has 1 fully saturated rings. The molecule has 0 aromatic heterocycles. The Kier molecular flexibility index (Phi) is 6.64. The number of phenolic OH excluding ortho intramolecular Hbond substituents is 1. The quantitative estimate of drug-likeness (QED) is 0.250. The number of fused-ring (bicyclic) bond motifs is 3. The zero-order valence-electron chi connectivity index (χ0n) is 22.2. The van der Waals surface area contributed by atoms with Crippen molar-refractivity contribution in [3.05, 3.63) is 80.9 Å². The SMILES string of the molecule is CCOc1cccc([C@H]2C3=CC[C@@H]4C(=O)N(c5ccc(C(=O)O)c(O)c5)C(=O)[C@@H]4[C@@H]3CC3=C2C(=O)C=C(Br)C3=O)c1O. The van der Waals surface area contributed by atoms with Crippen LogP contribution in [0.15, 0.2) is 69.8 Å². The second kappa shape index (κ2) is 10.1. The molecular weight excluding hydrogens is 610 g/mol. The fraction of sp³-hybridized carbons (Fsp3) is 0.258. The van der Waals surface area contributed by atoms with Crippen molar-refractivity contribution in [1.29, 1.82) is 0 Å². The van der Waals surface area contributed by atoms with Gasteiger partial charge in [0.05, 0.1) is 28.6 Å². The lowest BCUT2D eigenvalue weighted by atomic mass is 9.59. The van der Waals surface area contributed by atoms with Gasteiger partial charge in [0.15, 0.2) is 23.1 Å². The Morgan fingerprint density at radius 3 is 2.52 bits per heavy atom. The van der Waals surface area contributed by atoms with E-state index in [4.69, 9.17) is 4.74 Å². The highest BCUT2D eigenvalue weighted by atomic mass is 79.9. The van der Waals surface area contributed by atoms with Crippen LogP contribution in [0.3, 0.4) is 0 Å². The number of hydrogen-bond donors (Lipinski definition) is 3. The maximum absolute atomic E-state index is 14.0. The molecule has 2 aromatic carbocycles. The van der Waals surface area contributed by atoms with Crippen LogP contribution in [-0.4, -0.2) is 51.3 Å². The van der Waals surface area contributed by atoms with E-state index in [-0.39, 0.29) is 57.8 Å². The zero-order valence-corrected chi connectivity index (χ0v) is 23.8. The van der Waals surface area contributed by atoms with E-state index in [0.717, 1.165) is 17.0 Å². The second-order valence-corrected chi connectivity index (χ2v) is 11.4. The van der Waals surface area contributed by atoms with E-state index in [1.165, 1.54) is 12.1 Å². The predicted octanol–water partition coefficient (Wildman–Crippen LogP) is 4.16. The second-order valence-electron chi connectivity index (χ2n) is 10.5. The number of Topliss-reactive ketones (excluding diaryl/α,β-unsaturated/α-hetero) is 1. The molecule has 0 saturated carbocycles. The standard InChI is InChI=1S/C31H24BrNO9/c1-2-42-23-5-3-4-16(28(23)37)24-14-8-9-17-25(18(14)11-19-26(24)22(35)12-20(32)27(19)36)30(39)33(29(17)38)13-6-7-15(31(40)41)21(34)10-13/h3-8,10,12,17-18,24-25,34,37H,2,9,11H2,1H3,(H,40,41)/t17-,18+,24+,25-/m0/s1. The third-order valence-electron chi connectivity index (χ3n) is 8.44.